The van der Waals surface area contributed by atoms with Gasteiger partial charge in [-0.2, -0.15) is 0 Å². The average molecular weight is 348 g/mol. The van der Waals surface area contributed by atoms with Crippen molar-refractivity contribution in [1.29, 1.82) is 0 Å². The summed E-state index contributed by atoms with van der Waals surface area (Å²) in [5.74, 6) is 0.387. The maximum absolute atomic E-state index is 11.8. The standard InChI is InChI=1S/C16H25N3O.2ClH/c1-19(13-14-6-3-2-4-7-14)11-5-9-18-16(20)15-8-10-17-12-15;;/h2-4,6-7,15,17H,5,8-13H2,1H3,(H,18,20);2*1H. The summed E-state index contributed by atoms with van der Waals surface area (Å²) in [6.07, 6.45) is 1.97. The summed E-state index contributed by atoms with van der Waals surface area (Å²) in [5, 5.41) is 6.26. The molecule has 1 fully saturated rings. The molecule has 0 aromatic heterocycles. The first-order valence-electron chi connectivity index (χ1n) is 7.46. The van der Waals surface area contributed by atoms with E-state index in [2.05, 4.69) is 46.8 Å². The van der Waals surface area contributed by atoms with Crippen LogP contribution in [0.2, 0.25) is 0 Å². The van der Waals surface area contributed by atoms with E-state index in [0.29, 0.717) is 0 Å². The Hall–Kier alpha value is -0.810. The molecule has 0 saturated carbocycles. The first-order valence-corrected chi connectivity index (χ1v) is 7.46. The number of carbonyl (C=O) groups is 1. The molecule has 1 heterocycles. The Bertz CT molecular complexity index is 411. The molecule has 0 aliphatic carbocycles. The quantitative estimate of drug-likeness (QED) is 0.742. The minimum Gasteiger partial charge on any atom is -0.356 e. The van der Waals surface area contributed by atoms with Crippen LogP contribution in [0.15, 0.2) is 30.3 Å². The summed E-state index contributed by atoms with van der Waals surface area (Å²) < 4.78 is 0. The van der Waals surface area contributed by atoms with Crippen LogP contribution in [0, 0.1) is 5.92 Å². The lowest BCUT2D eigenvalue weighted by molar-refractivity contribution is -0.124. The number of rotatable bonds is 7. The van der Waals surface area contributed by atoms with E-state index in [-0.39, 0.29) is 36.6 Å². The van der Waals surface area contributed by atoms with Gasteiger partial charge in [0, 0.05) is 19.6 Å². The van der Waals surface area contributed by atoms with E-state index in [1.54, 1.807) is 0 Å². The molecular weight excluding hydrogens is 321 g/mol. The lowest BCUT2D eigenvalue weighted by Gasteiger charge is -2.17. The molecule has 22 heavy (non-hydrogen) atoms. The molecule has 2 N–H and O–H groups in total. The number of amides is 1. The molecule has 4 nitrogen and oxygen atoms in total. The van der Waals surface area contributed by atoms with Gasteiger partial charge in [0.25, 0.3) is 0 Å². The van der Waals surface area contributed by atoms with Crippen molar-refractivity contribution in [2.24, 2.45) is 5.92 Å². The molecule has 1 atom stereocenters. The molecule has 1 aliphatic heterocycles. The van der Waals surface area contributed by atoms with Crippen LogP contribution in [0.25, 0.3) is 0 Å². The Kier molecular flexibility index (Phi) is 11.3. The van der Waals surface area contributed by atoms with E-state index in [0.717, 1.165) is 45.6 Å². The molecule has 1 saturated heterocycles. The van der Waals surface area contributed by atoms with Crippen LogP contribution < -0.4 is 10.6 Å². The molecule has 1 aliphatic rings. The summed E-state index contributed by atoms with van der Waals surface area (Å²) >= 11 is 0. The third kappa shape index (κ3) is 7.45. The topological polar surface area (TPSA) is 44.4 Å². The average Bonchev–Trinajstić information content (AvgIpc) is 2.99. The van der Waals surface area contributed by atoms with Crippen molar-refractivity contribution < 1.29 is 4.79 Å². The molecule has 1 aromatic rings. The van der Waals surface area contributed by atoms with E-state index < -0.39 is 0 Å². The van der Waals surface area contributed by atoms with Gasteiger partial charge in [-0.3, -0.25) is 4.79 Å². The van der Waals surface area contributed by atoms with Gasteiger partial charge >= 0.3 is 0 Å². The highest BCUT2D eigenvalue weighted by molar-refractivity contribution is 5.85. The van der Waals surface area contributed by atoms with Gasteiger partial charge in [0.2, 0.25) is 5.91 Å². The fourth-order valence-corrected chi connectivity index (χ4v) is 2.56. The first-order chi connectivity index (χ1) is 9.75. The SMILES string of the molecule is CN(CCCNC(=O)C1CCNC1)Cc1ccccc1.Cl.Cl. The van der Waals surface area contributed by atoms with Crippen molar-refractivity contribution in [2.45, 2.75) is 19.4 Å². The van der Waals surface area contributed by atoms with Crippen LogP contribution >= 0.6 is 24.8 Å². The van der Waals surface area contributed by atoms with Crippen LogP contribution in [-0.2, 0) is 11.3 Å². The van der Waals surface area contributed by atoms with Crippen molar-refractivity contribution in [3.63, 3.8) is 0 Å². The van der Waals surface area contributed by atoms with Crippen LogP contribution in [0.4, 0.5) is 0 Å². The van der Waals surface area contributed by atoms with Crippen molar-refractivity contribution in [1.82, 2.24) is 15.5 Å². The molecule has 1 amide bonds. The van der Waals surface area contributed by atoms with Gasteiger partial charge in [0.1, 0.15) is 0 Å². The van der Waals surface area contributed by atoms with E-state index >= 15 is 0 Å². The third-order valence-corrected chi connectivity index (χ3v) is 3.74. The fourth-order valence-electron chi connectivity index (χ4n) is 2.56. The van der Waals surface area contributed by atoms with Gasteiger partial charge in [0.15, 0.2) is 0 Å². The highest BCUT2D eigenvalue weighted by Gasteiger charge is 2.21. The monoisotopic (exact) mass is 347 g/mol. The second-order valence-corrected chi connectivity index (χ2v) is 5.56. The Morgan fingerprint density at radius 2 is 2.05 bits per heavy atom. The maximum atomic E-state index is 11.8. The van der Waals surface area contributed by atoms with Gasteiger partial charge in [-0.25, -0.2) is 0 Å². The number of nitrogens with one attached hydrogen (secondary N) is 2. The van der Waals surface area contributed by atoms with Gasteiger partial charge in [0.05, 0.1) is 5.92 Å². The molecule has 0 bridgehead atoms. The molecule has 2 rings (SSSR count). The molecule has 0 spiro atoms. The molecule has 1 aromatic carbocycles. The Labute approximate surface area is 145 Å². The van der Waals surface area contributed by atoms with Gasteiger partial charge < -0.3 is 15.5 Å². The van der Waals surface area contributed by atoms with E-state index in [9.17, 15) is 4.79 Å². The lowest BCUT2D eigenvalue weighted by atomic mass is 10.1. The number of benzene rings is 1. The zero-order valence-electron chi connectivity index (χ0n) is 13.1. The van der Waals surface area contributed by atoms with Crippen LogP contribution in [-0.4, -0.2) is 44.0 Å². The van der Waals surface area contributed by atoms with Crippen molar-refractivity contribution in [3.8, 4) is 0 Å². The molecule has 1 unspecified atom stereocenters. The van der Waals surface area contributed by atoms with E-state index in [1.165, 1.54) is 5.56 Å². The minimum atomic E-state index is 0. The largest absolute Gasteiger partial charge is 0.356 e. The summed E-state index contributed by atoms with van der Waals surface area (Å²) in [7, 11) is 2.12. The van der Waals surface area contributed by atoms with Crippen molar-refractivity contribution in [2.75, 3.05) is 33.2 Å². The zero-order valence-corrected chi connectivity index (χ0v) is 14.7. The summed E-state index contributed by atoms with van der Waals surface area (Å²) in [6, 6.07) is 10.5. The van der Waals surface area contributed by atoms with Crippen LogP contribution in [0.5, 0.6) is 0 Å². The van der Waals surface area contributed by atoms with E-state index in [1.807, 2.05) is 6.07 Å². The number of hydrogen-bond donors (Lipinski definition) is 2. The number of halogens is 2. The minimum absolute atomic E-state index is 0. The predicted octanol–water partition coefficient (Wildman–Crippen LogP) is 2.08. The Morgan fingerprint density at radius 1 is 1.32 bits per heavy atom. The smallest absolute Gasteiger partial charge is 0.224 e. The van der Waals surface area contributed by atoms with Gasteiger partial charge in [-0.05, 0) is 38.5 Å². The van der Waals surface area contributed by atoms with E-state index in [4.69, 9.17) is 0 Å². The Balaban J connectivity index is 0.00000220. The molecule has 6 heteroatoms. The number of hydrogen-bond acceptors (Lipinski definition) is 3. The summed E-state index contributed by atoms with van der Waals surface area (Å²) in [5.41, 5.74) is 1.33. The predicted molar refractivity (Wildman–Crippen MR) is 95.9 cm³/mol. The third-order valence-electron chi connectivity index (χ3n) is 3.74. The van der Waals surface area contributed by atoms with Crippen LogP contribution in [0.1, 0.15) is 18.4 Å². The second kappa shape index (κ2) is 11.7. The Morgan fingerprint density at radius 3 is 2.68 bits per heavy atom. The highest BCUT2D eigenvalue weighted by atomic mass is 35.5. The summed E-state index contributed by atoms with van der Waals surface area (Å²) in [4.78, 5) is 14.1. The number of nitrogens with zero attached hydrogens (tertiary/aromatic N) is 1. The summed E-state index contributed by atoms with van der Waals surface area (Å²) in [6.45, 7) is 4.53. The van der Waals surface area contributed by atoms with Gasteiger partial charge in [-0.15, -0.1) is 24.8 Å². The lowest BCUT2D eigenvalue weighted by Crippen LogP contribution is -2.33. The number of carbonyl (C=O) groups excluding carboxylic acids is 1. The fraction of sp³-hybridized carbons (Fsp3) is 0.562. The first kappa shape index (κ1) is 21.2. The highest BCUT2D eigenvalue weighted by Crippen LogP contribution is 2.07. The molecule has 0 radical (unpaired) electrons. The van der Waals surface area contributed by atoms with Crippen molar-refractivity contribution in [3.05, 3.63) is 35.9 Å². The van der Waals surface area contributed by atoms with Crippen molar-refractivity contribution >= 4 is 30.7 Å². The molecular formula is C16H27Cl2N3O. The maximum Gasteiger partial charge on any atom is 0.224 e. The normalized spacial score (nSPS) is 16.7. The zero-order chi connectivity index (χ0) is 14.2. The second-order valence-electron chi connectivity index (χ2n) is 5.56. The van der Waals surface area contributed by atoms with Gasteiger partial charge in [-0.1, -0.05) is 30.3 Å². The van der Waals surface area contributed by atoms with Crippen LogP contribution in [0.3, 0.4) is 0 Å². The molecule has 126 valence electrons.